The van der Waals surface area contributed by atoms with Crippen molar-refractivity contribution in [3.8, 4) is 0 Å². The topological polar surface area (TPSA) is 107 Å². The van der Waals surface area contributed by atoms with Crippen LogP contribution in [0.5, 0.6) is 0 Å². The van der Waals surface area contributed by atoms with E-state index >= 15 is 0 Å². The maximum Gasteiger partial charge on any atom is 0.326 e. The molecular weight excluding hydrogens is 276 g/mol. The molecule has 1 rings (SSSR count). The van der Waals surface area contributed by atoms with Crippen LogP contribution in [0.4, 0.5) is 10.5 Å². The van der Waals surface area contributed by atoms with Gasteiger partial charge in [-0.15, -0.1) is 0 Å². The van der Waals surface area contributed by atoms with Crippen molar-refractivity contribution in [2.45, 2.75) is 26.3 Å². The number of urea groups is 1. The first-order valence-electron chi connectivity index (χ1n) is 6.44. The normalized spacial score (nSPS) is 11.5. The van der Waals surface area contributed by atoms with Crippen molar-refractivity contribution in [3.05, 3.63) is 29.8 Å². The SMILES string of the molecule is CCN(C(=O)N[C@H](CC(=O)O)C(=O)O)c1ccc(C)cc1. The van der Waals surface area contributed by atoms with Gasteiger partial charge < -0.3 is 15.5 Å². The standard InChI is InChI=1S/C14H18N2O5/c1-3-16(10-6-4-9(2)5-7-10)14(21)15-11(13(19)20)8-12(17)18/h4-7,11H,3,8H2,1-2H3,(H,15,21)(H,17,18)(H,19,20)/t11-/m1/s1. The number of carboxylic acid groups (broad SMARTS) is 2. The monoisotopic (exact) mass is 294 g/mol. The lowest BCUT2D eigenvalue weighted by Crippen LogP contribution is -2.49. The summed E-state index contributed by atoms with van der Waals surface area (Å²) < 4.78 is 0. The van der Waals surface area contributed by atoms with Crippen molar-refractivity contribution in [2.75, 3.05) is 11.4 Å². The molecule has 1 atom stereocenters. The number of amides is 2. The van der Waals surface area contributed by atoms with E-state index in [2.05, 4.69) is 5.32 Å². The summed E-state index contributed by atoms with van der Waals surface area (Å²) in [5.41, 5.74) is 1.64. The minimum Gasteiger partial charge on any atom is -0.481 e. The smallest absolute Gasteiger partial charge is 0.326 e. The average molecular weight is 294 g/mol. The molecule has 3 N–H and O–H groups in total. The molecule has 0 saturated heterocycles. The Hall–Kier alpha value is -2.57. The molecule has 1 aromatic rings. The number of carboxylic acids is 2. The van der Waals surface area contributed by atoms with Gasteiger partial charge in [0.05, 0.1) is 6.42 Å². The molecule has 2 amide bonds. The van der Waals surface area contributed by atoms with Gasteiger partial charge in [-0.3, -0.25) is 9.69 Å². The number of hydrogen-bond acceptors (Lipinski definition) is 3. The third kappa shape index (κ3) is 4.79. The highest BCUT2D eigenvalue weighted by atomic mass is 16.4. The molecular formula is C14H18N2O5. The van der Waals surface area contributed by atoms with E-state index in [0.717, 1.165) is 5.56 Å². The van der Waals surface area contributed by atoms with E-state index in [4.69, 9.17) is 10.2 Å². The summed E-state index contributed by atoms with van der Waals surface area (Å²) in [6, 6.07) is 5.04. The van der Waals surface area contributed by atoms with Gasteiger partial charge in [0.25, 0.3) is 0 Å². The quantitative estimate of drug-likeness (QED) is 0.736. The molecule has 1 aromatic carbocycles. The molecule has 0 spiro atoms. The maximum absolute atomic E-state index is 12.1. The minimum absolute atomic E-state index is 0.328. The summed E-state index contributed by atoms with van der Waals surface area (Å²) in [5, 5.41) is 19.8. The number of anilines is 1. The first-order chi connectivity index (χ1) is 9.85. The minimum atomic E-state index is -1.46. The Labute approximate surface area is 122 Å². The summed E-state index contributed by atoms with van der Waals surface area (Å²) in [6.07, 6.45) is -0.674. The van der Waals surface area contributed by atoms with Gasteiger partial charge >= 0.3 is 18.0 Å². The number of aliphatic carboxylic acids is 2. The van der Waals surface area contributed by atoms with E-state index < -0.39 is 30.4 Å². The van der Waals surface area contributed by atoms with Crippen molar-refractivity contribution in [1.29, 1.82) is 0 Å². The fourth-order valence-corrected chi connectivity index (χ4v) is 1.77. The van der Waals surface area contributed by atoms with Gasteiger partial charge in [0.15, 0.2) is 0 Å². The Morgan fingerprint density at radius 3 is 2.19 bits per heavy atom. The van der Waals surface area contributed by atoms with Gasteiger partial charge in [-0.1, -0.05) is 17.7 Å². The van der Waals surface area contributed by atoms with Crippen LogP contribution in [0.2, 0.25) is 0 Å². The third-order valence-corrected chi connectivity index (χ3v) is 2.88. The molecule has 0 aromatic heterocycles. The van der Waals surface area contributed by atoms with E-state index in [1.54, 1.807) is 19.1 Å². The average Bonchev–Trinajstić information content (AvgIpc) is 2.40. The number of benzene rings is 1. The maximum atomic E-state index is 12.1. The first kappa shape index (κ1) is 16.5. The van der Waals surface area contributed by atoms with Gasteiger partial charge in [0.2, 0.25) is 0 Å². The molecule has 0 unspecified atom stereocenters. The number of nitrogens with zero attached hydrogens (tertiary/aromatic N) is 1. The van der Waals surface area contributed by atoms with Crippen molar-refractivity contribution in [3.63, 3.8) is 0 Å². The van der Waals surface area contributed by atoms with Gasteiger partial charge in [-0.05, 0) is 26.0 Å². The zero-order valence-electron chi connectivity index (χ0n) is 11.9. The molecule has 7 nitrogen and oxygen atoms in total. The molecule has 21 heavy (non-hydrogen) atoms. The van der Waals surface area contributed by atoms with Gasteiger partial charge in [0.1, 0.15) is 6.04 Å². The van der Waals surface area contributed by atoms with Crippen LogP contribution in [0, 0.1) is 6.92 Å². The fourth-order valence-electron chi connectivity index (χ4n) is 1.77. The number of nitrogens with one attached hydrogen (secondary N) is 1. The van der Waals surface area contributed by atoms with E-state index in [1.165, 1.54) is 4.90 Å². The molecule has 0 fully saturated rings. The largest absolute Gasteiger partial charge is 0.481 e. The highest BCUT2D eigenvalue weighted by Gasteiger charge is 2.25. The van der Waals surface area contributed by atoms with Crippen molar-refractivity contribution in [1.82, 2.24) is 5.32 Å². The van der Waals surface area contributed by atoms with Crippen LogP contribution < -0.4 is 10.2 Å². The molecule has 0 radical (unpaired) electrons. The summed E-state index contributed by atoms with van der Waals surface area (Å²) >= 11 is 0. The van der Waals surface area contributed by atoms with Crippen molar-refractivity contribution < 1.29 is 24.6 Å². The summed E-state index contributed by atoms with van der Waals surface area (Å²) in [6.45, 7) is 3.98. The molecule has 0 saturated carbocycles. The van der Waals surface area contributed by atoms with E-state index in [-0.39, 0.29) is 0 Å². The van der Waals surface area contributed by atoms with Crippen LogP contribution in [-0.2, 0) is 9.59 Å². The van der Waals surface area contributed by atoms with Crippen LogP contribution in [0.15, 0.2) is 24.3 Å². The Bertz CT molecular complexity index is 527. The van der Waals surface area contributed by atoms with Gasteiger partial charge in [-0.25, -0.2) is 9.59 Å². The van der Waals surface area contributed by atoms with Crippen molar-refractivity contribution in [2.24, 2.45) is 0 Å². The van der Waals surface area contributed by atoms with Gasteiger partial charge in [-0.2, -0.15) is 0 Å². The predicted octanol–water partition coefficient (Wildman–Crippen LogP) is 1.46. The molecule has 7 heteroatoms. The zero-order valence-corrected chi connectivity index (χ0v) is 11.9. The van der Waals surface area contributed by atoms with Crippen LogP contribution >= 0.6 is 0 Å². The summed E-state index contributed by atoms with van der Waals surface area (Å²) in [4.78, 5) is 35.0. The molecule has 0 bridgehead atoms. The molecule has 0 aliphatic heterocycles. The molecule has 0 heterocycles. The number of carbonyl (C=O) groups excluding carboxylic acids is 1. The Balaban J connectivity index is 2.85. The number of aryl methyl sites for hydroxylation is 1. The second kappa shape index (κ2) is 7.28. The summed E-state index contributed by atoms with van der Waals surface area (Å²) in [7, 11) is 0. The Morgan fingerprint density at radius 2 is 1.76 bits per heavy atom. The lowest BCUT2D eigenvalue weighted by atomic mass is 10.2. The van der Waals surface area contributed by atoms with E-state index in [1.807, 2.05) is 19.1 Å². The fraction of sp³-hybridized carbons (Fsp3) is 0.357. The molecule has 114 valence electrons. The predicted molar refractivity (Wildman–Crippen MR) is 76.4 cm³/mol. The van der Waals surface area contributed by atoms with Gasteiger partial charge in [0, 0.05) is 12.2 Å². The van der Waals surface area contributed by atoms with Crippen LogP contribution in [0.1, 0.15) is 18.9 Å². The van der Waals surface area contributed by atoms with E-state index in [9.17, 15) is 14.4 Å². The zero-order chi connectivity index (χ0) is 16.0. The van der Waals surface area contributed by atoms with E-state index in [0.29, 0.717) is 12.2 Å². The molecule has 0 aliphatic rings. The van der Waals surface area contributed by atoms with Crippen LogP contribution in [-0.4, -0.2) is 40.8 Å². The first-order valence-corrected chi connectivity index (χ1v) is 6.44. The van der Waals surface area contributed by atoms with Crippen LogP contribution in [0.3, 0.4) is 0 Å². The number of hydrogen-bond donors (Lipinski definition) is 3. The van der Waals surface area contributed by atoms with Crippen molar-refractivity contribution >= 4 is 23.7 Å². The van der Waals surface area contributed by atoms with Crippen LogP contribution in [0.25, 0.3) is 0 Å². The highest BCUT2D eigenvalue weighted by molar-refractivity contribution is 5.95. The molecule has 0 aliphatic carbocycles. The third-order valence-electron chi connectivity index (χ3n) is 2.88. The highest BCUT2D eigenvalue weighted by Crippen LogP contribution is 2.15. The number of carbonyl (C=O) groups is 3. The number of rotatable bonds is 6. The lowest BCUT2D eigenvalue weighted by Gasteiger charge is -2.23. The Morgan fingerprint density at radius 1 is 1.19 bits per heavy atom. The Kier molecular flexibility index (Phi) is 5.71. The second-order valence-corrected chi connectivity index (χ2v) is 4.52. The summed E-state index contributed by atoms with van der Waals surface area (Å²) in [5.74, 6) is -2.67. The lowest BCUT2D eigenvalue weighted by molar-refractivity contribution is -0.145. The second-order valence-electron chi connectivity index (χ2n) is 4.52.